The van der Waals surface area contributed by atoms with Gasteiger partial charge >= 0.3 is 0 Å². The number of benzene rings is 1. The summed E-state index contributed by atoms with van der Waals surface area (Å²) in [6.07, 6.45) is 0.915. The zero-order valence-electron chi connectivity index (χ0n) is 9.64. The molecule has 2 N–H and O–H groups in total. The molecule has 0 saturated carbocycles. The normalized spacial score (nSPS) is 20.4. The molecule has 1 heterocycles. The number of hydrogen-bond donors (Lipinski definition) is 2. The van der Waals surface area contributed by atoms with Gasteiger partial charge in [0.1, 0.15) is 0 Å². The van der Waals surface area contributed by atoms with Crippen LogP contribution in [0.3, 0.4) is 0 Å². The van der Waals surface area contributed by atoms with Crippen molar-refractivity contribution in [1.82, 2.24) is 4.72 Å². The van der Waals surface area contributed by atoms with Crippen LogP contribution in [0, 0.1) is 0 Å². The Morgan fingerprint density at radius 2 is 2.00 bits per heavy atom. The molecule has 1 aliphatic heterocycles. The highest BCUT2D eigenvalue weighted by Crippen LogP contribution is 2.20. The van der Waals surface area contributed by atoms with E-state index in [2.05, 4.69) is 10.0 Å². The van der Waals surface area contributed by atoms with E-state index >= 15 is 0 Å². The molecular formula is C11H16N2O2S2. The summed E-state index contributed by atoms with van der Waals surface area (Å²) >= 11 is 1.79. The zero-order chi connectivity index (χ0) is 12.3. The maximum atomic E-state index is 12.0. The minimum absolute atomic E-state index is 0.0778. The fourth-order valence-corrected chi connectivity index (χ4v) is 4.24. The van der Waals surface area contributed by atoms with E-state index in [0.717, 1.165) is 23.6 Å². The molecule has 1 atom stereocenters. The molecular weight excluding hydrogens is 256 g/mol. The van der Waals surface area contributed by atoms with Crippen molar-refractivity contribution >= 4 is 27.5 Å². The highest BCUT2D eigenvalue weighted by atomic mass is 32.2. The van der Waals surface area contributed by atoms with Crippen LogP contribution in [0.25, 0.3) is 0 Å². The minimum atomic E-state index is -3.36. The zero-order valence-corrected chi connectivity index (χ0v) is 11.3. The number of nitrogens with one attached hydrogen (secondary N) is 2. The van der Waals surface area contributed by atoms with Gasteiger partial charge in [0.05, 0.1) is 4.90 Å². The van der Waals surface area contributed by atoms with Crippen molar-refractivity contribution in [3.8, 4) is 0 Å². The molecule has 0 aliphatic carbocycles. The van der Waals surface area contributed by atoms with Crippen molar-refractivity contribution in [2.24, 2.45) is 0 Å². The van der Waals surface area contributed by atoms with Crippen LogP contribution >= 0.6 is 11.8 Å². The summed E-state index contributed by atoms with van der Waals surface area (Å²) in [5.74, 6) is 1.90. The fraction of sp³-hybridized carbons (Fsp3) is 0.455. The third-order valence-corrected chi connectivity index (χ3v) is 5.40. The second kappa shape index (κ2) is 5.29. The first-order valence-corrected chi connectivity index (χ1v) is 8.13. The molecule has 1 unspecified atom stereocenters. The SMILES string of the molecule is CNc1ccc(S(=O)(=O)NC2CCSC2)cc1. The Hall–Kier alpha value is -0.720. The summed E-state index contributed by atoms with van der Waals surface area (Å²) in [5, 5.41) is 2.96. The number of rotatable bonds is 4. The summed E-state index contributed by atoms with van der Waals surface area (Å²) < 4.78 is 26.8. The van der Waals surface area contributed by atoms with Crippen molar-refractivity contribution in [3.63, 3.8) is 0 Å². The van der Waals surface area contributed by atoms with Crippen LogP contribution in [0.15, 0.2) is 29.2 Å². The van der Waals surface area contributed by atoms with Crippen molar-refractivity contribution in [2.75, 3.05) is 23.9 Å². The van der Waals surface area contributed by atoms with Gasteiger partial charge in [0.15, 0.2) is 0 Å². The molecule has 17 heavy (non-hydrogen) atoms. The molecule has 2 rings (SSSR count). The average Bonchev–Trinajstić information content (AvgIpc) is 2.81. The van der Waals surface area contributed by atoms with Crippen LogP contribution in [0.2, 0.25) is 0 Å². The van der Waals surface area contributed by atoms with Gasteiger partial charge in [0.25, 0.3) is 0 Å². The van der Waals surface area contributed by atoms with E-state index in [-0.39, 0.29) is 6.04 Å². The maximum absolute atomic E-state index is 12.0. The Labute approximate surface area is 106 Å². The van der Waals surface area contributed by atoms with Gasteiger partial charge in [-0.3, -0.25) is 0 Å². The van der Waals surface area contributed by atoms with Gasteiger partial charge in [-0.1, -0.05) is 0 Å². The quantitative estimate of drug-likeness (QED) is 0.872. The van der Waals surface area contributed by atoms with Gasteiger partial charge in [0, 0.05) is 24.5 Å². The van der Waals surface area contributed by atoms with Crippen molar-refractivity contribution in [1.29, 1.82) is 0 Å². The Kier molecular flexibility index (Phi) is 3.96. The third kappa shape index (κ3) is 3.14. The van der Waals surface area contributed by atoms with Gasteiger partial charge in [0.2, 0.25) is 10.0 Å². The molecule has 0 spiro atoms. The first kappa shape index (κ1) is 12.7. The minimum Gasteiger partial charge on any atom is -0.388 e. The van der Waals surface area contributed by atoms with Gasteiger partial charge in [-0.05, 0) is 36.4 Å². The van der Waals surface area contributed by atoms with E-state index in [9.17, 15) is 8.42 Å². The molecule has 94 valence electrons. The largest absolute Gasteiger partial charge is 0.388 e. The smallest absolute Gasteiger partial charge is 0.240 e. The molecule has 1 aromatic rings. The second-order valence-electron chi connectivity index (χ2n) is 3.96. The van der Waals surface area contributed by atoms with E-state index in [1.54, 1.807) is 43.1 Å². The van der Waals surface area contributed by atoms with E-state index in [0.29, 0.717) is 4.90 Å². The molecule has 1 aromatic carbocycles. The lowest BCUT2D eigenvalue weighted by Gasteiger charge is -2.12. The molecule has 0 radical (unpaired) electrons. The van der Waals surface area contributed by atoms with Gasteiger partial charge in [-0.2, -0.15) is 11.8 Å². The first-order valence-electron chi connectivity index (χ1n) is 5.50. The summed E-state index contributed by atoms with van der Waals surface area (Å²) in [6, 6.07) is 6.84. The maximum Gasteiger partial charge on any atom is 0.240 e. The Morgan fingerprint density at radius 3 is 2.53 bits per heavy atom. The Bertz CT molecular complexity index is 465. The van der Waals surface area contributed by atoms with Crippen LogP contribution in [0.4, 0.5) is 5.69 Å². The average molecular weight is 272 g/mol. The first-order chi connectivity index (χ1) is 8.12. The van der Waals surface area contributed by atoms with E-state index in [4.69, 9.17) is 0 Å². The lowest BCUT2D eigenvalue weighted by molar-refractivity contribution is 0.563. The van der Waals surface area contributed by atoms with Crippen molar-refractivity contribution in [3.05, 3.63) is 24.3 Å². The molecule has 0 aromatic heterocycles. The topological polar surface area (TPSA) is 58.2 Å². The molecule has 0 bridgehead atoms. The fourth-order valence-electron chi connectivity index (χ4n) is 1.72. The van der Waals surface area contributed by atoms with Gasteiger partial charge in [-0.25, -0.2) is 13.1 Å². The lowest BCUT2D eigenvalue weighted by atomic mass is 10.3. The summed E-state index contributed by atoms with van der Waals surface area (Å²) in [7, 11) is -1.56. The number of hydrogen-bond acceptors (Lipinski definition) is 4. The molecule has 1 saturated heterocycles. The Morgan fingerprint density at radius 1 is 1.29 bits per heavy atom. The van der Waals surface area contributed by atoms with E-state index in [1.165, 1.54) is 0 Å². The van der Waals surface area contributed by atoms with Gasteiger partial charge in [-0.15, -0.1) is 0 Å². The van der Waals surface area contributed by atoms with E-state index in [1.807, 2.05) is 0 Å². The van der Waals surface area contributed by atoms with Gasteiger partial charge < -0.3 is 5.32 Å². The Balaban J connectivity index is 2.12. The van der Waals surface area contributed by atoms with Crippen LogP contribution in [-0.4, -0.2) is 33.0 Å². The summed E-state index contributed by atoms with van der Waals surface area (Å²) in [5.41, 5.74) is 0.903. The van der Waals surface area contributed by atoms with Crippen molar-refractivity contribution in [2.45, 2.75) is 17.4 Å². The number of anilines is 1. The number of thioether (sulfide) groups is 1. The number of sulfonamides is 1. The molecule has 1 aliphatic rings. The monoisotopic (exact) mass is 272 g/mol. The second-order valence-corrected chi connectivity index (χ2v) is 6.82. The summed E-state index contributed by atoms with van der Waals surface area (Å²) in [6.45, 7) is 0. The molecule has 6 heteroatoms. The summed E-state index contributed by atoms with van der Waals surface area (Å²) in [4.78, 5) is 0.327. The van der Waals surface area contributed by atoms with Crippen LogP contribution < -0.4 is 10.0 Å². The third-order valence-electron chi connectivity index (χ3n) is 2.70. The van der Waals surface area contributed by atoms with E-state index < -0.39 is 10.0 Å². The highest BCUT2D eigenvalue weighted by molar-refractivity contribution is 7.99. The highest BCUT2D eigenvalue weighted by Gasteiger charge is 2.22. The standard InChI is InChI=1S/C11H16N2O2S2/c1-12-9-2-4-11(5-3-9)17(14,15)13-10-6-7-16-8-10/h2-5,10,12-13H,6-8H2,1H3. The van der Waals surface area contributed by atoms with Crippen LogP contribution in [0.1, 0.15) is 6.42 Å². The van der Waals surface area contributed by atoms with Crippen molar-refractivity contribution < 1.29 is 8.42 Å². The molecule has 4 nitrogen and oxygen atoms in total. The predicted octanol–water partition coefficient (Wildman–Crippen LogP) is 1.51. The molecule has 1 fully saturated rings. The van der Waals surface area contributed by atoms with Crippen LogP contribution in [0.5, 0.6) is 0 Å². The predicted molar refractivity (Wildman–Crippen MR) is 72.0 cm³/mol. The lowest BCUT2D eigenvalue weighted by Crippen LogP contribution is -2.34. The van der Waals surface area contributed by atoms with Crippen LogP contribution in [-0.2, 0) is 10.0 Å². The molecule has 0 amide bonds.